The Labute approximate surface area is 116 Å². The number of nitrogens with zero attached hydrogens (tertiary/aromatic N) is 2. The number of aromatic nitrogens is 2. The lowest BCUT2D eigenvalue weighted by atomic mass is 10.2. The highest BCUT2D eigenvalue weighted by molar-refractivity contribution is 7.09. The maximum atomic E-state index is 4.52. The summed E-state index contributed by atoms with van der Waals surface area (Å²) in [4.78, 5) is 5.95. The van der Waals surface area contributed by atoms with Gasteiger partial charge < -0.3 is 9.88 Å². The maximum Gasteiger partial charge on any atom is 0.140 e. The Hall–Kier alpha value is -1.65. The van der Waals surface area contributed by atoms with Crippen LogP contribution in [-0.4, -0.2) is 16.6 Å². The Balaban J connectivity index is 1.90. The van der Waals surface area contributed by atoms with E-state index < -0.39 is 0 Å². The summed E-state index contributed by atoms with van der Waals surface area (Å²) in [6, 6.07) is 8.46. The molecule has 0 atom stereocenters. The number of thiophene rings is 1. The minimum absolute atomic E-state index is 0.883. The molecular formula is C15H17N3S. The highest BCUT2D eigenvalue weighted by atomic mass is 32.1. The van der Waals surface area contributed by atoms with Gasteiger partial charge in [-0.05, 0) is 42.6 Å². The van der Waals surface area contributed by atoms with Crippen molar-refractivity contribution in [3.05, 3.63) is 52.5 Å². The molecule has 0 aliphatic rings. The zero-order chi connectivity index (χ0) is 13.1. The van der Waals surface area contributed by atoms with E-state index in [0.717, 1.165) is 25.2 Å². The SMILES string of the molecule is CNCc1cn(CCc2cccs2)c2ncccc12. The van der Waals surface area contributed by atoms with Crippen molar-refractivity contribution in [2.45, 2.75) is 19.5 Å². The average molecular weight is 271 g/mol. The summed E-state index contributed by atoms with van der Waals surface area (Å²) in [5, 5.41) is 6.61. The third-order valence-corrected chi connectivity index (χ3v) is 4.20. The molecule has 3 heterocycles. The molecule has 4 heteroatoms. The molecule has 0 aromatic carbocycles. The standard InChI is InChI=1S/C15H17N3S/c1-16-10-12-11-18(8-6-13-4-3-9-19-13)15-14(12)5-2-7-17-15/h2-5,7,9,11,16H,6,8,10H2,1H3. The summed E-state index contributed by atoms with van der Waals surface area (Å²) < 4.78 is 2.27. The molecule has 19 heavy (non-hydrogen) atoms. The number of rotatable bonds is 5. The van der Waals surface area contributed by atoms with Crippen molar-refractivity contribution in [1.29, 1.82) is 0 Å². The van der Waals surface area contributed by atoms with E-state index in [9.17, 15) is 0 Å². The van der Waals surface area contributed by atoms with Gasteiger partial charge >= 0.3 is 0 Å². The Kier molecular flexibility index (Phi) is 3.62. The highest BCUT2D eigenvalue weighted by Crippen LogP contribution is 2.20. The molecule has 1 N–H and O–H groups in total. The van der Waals surface area contributed by atoms with E-state index in [1.54, 1.807) is 0 Å². The molecule has 0 unspecified atom stereocenters. The summed E-state index contributed by atoms with van der Waals surface area (Å²) in [5.74, 6) is 0. The average Bonchev–Trinajstić information content (AvgIpc) is 3.06. The van der Waals surface area contributed by atoms with Gasteiger partial charge in [0.25, 0.3) is 0 Å². The van der Waals surface area contributed by atoms with Gasteiger partial charge in [0, 0.05) is 35.7 Å². The molecule has 0 spiro atoms. The predicted octanol–water partition coefficient (Wildman–Crippen LogP) is 3.06. The van der Waals surface area contributed by atoms with Gasteiger partial charge in [-0.1, -0.05) is 6.07 Å². The fraction of sp³-hybridized carbons (Fsp3) is 0.267. The van der Waals surface area contributed by atoms with Crippen molar-refractivity contribution >= 4 is 22.4 Å². The van der Waals surface area contributed by atoms with Gasteiger partial charge in [0.1, 0.15) is 5.65 Å². The largest absolute Gasteiger partial charge is 0.332 e. The van der Waals surface area contributed by atoms with Crippen LogP contribution in [0.5, 0.6) is 0 Å². The lowest BCUT2D eigenvalue weighted by molar-refractivity contribution is 0.715. The first-order valence-electron chi connectivity index (χ1n) is 6.48. The number of hydrogen-bond donors (Lipinski definition) is 1. The number of nitrogens with one attached hydrogen (secondary N) is 1. The van der Waals surface area contributed by atoms with E-state index >= 15 is 0 Å². The van der Waals surface area contributed by atoms with E-state index in [1.165, 1.54) is 15.8 Å². The summed E-state index contributed by atoms with van der Waals surface area (Å²) in [5.41, 5.74) is 2.40. The molecule has 3 aromatic rings. The van der Waals surface area contributed by atoms with Gasteiger partial charge in [0.15, 0.2) is 0 Å². The van der Waals surface area contributed by atoms with E-state index in [0.29, 0.717) is 0 Å². The van der Waals surface area contributed by atoms with E-state index in [4.69, 9.17) is 0 Å². The molecule has 3 aromatic heterocycles. The van der Waals surface area contributed by atoms with Crippen LogP contribution >= 0.6 is 11.3 Å². The molecule has 0 saturated heterocycles. The van der Waals surface area contributed by atoms with Crippen LogP contribution in [0.1, 0.15) is 10.4 Å². The maximum absolute atomic E-state index is 4.52. The van der Waals surface area contributed by atoms with Gasteiger partial charge in [0.2, 0.25) is 0 Å². The van der Waals surface area contributed by atoms with Crippen molar-refractivity contribution in [3.63, 3.8) is 0 Å². The molecule has 98 valence electrons. The van der Waals surface area contributed by atoms with Crippen LogP contribution in [0.15, 0.2) is 42.0 Å². The number of pyridine rings is 1. The van der Waals surface area contributed by atoms with E-state index in [2.05, 4.69) is 44.6 Å². The predicted molar refractivity (Wildman–Crippen MR) is 80.5 cm³/mol. The van der Waals surface area contributed by atoms with E-state index in [-0.39, 0.29) is 0 Å². The summed E-state index contributed by atoms with van der Waals surface area (Å²) in [7, 11) is 1.98. The van der Waals surface area contributed by atoms with Crippen LogP contribution in [0.25, 0.3) is 11.0 Å². The second-order valence-corrected chi connectivity index (χ2v) is 5.61. The second-order valence-electron chi connectivity index (χ2n) is 4.58. The molecule has 0 bridgehead atoms. The smallest absolute Gasteiger partial charge is 0.140 e. The van der Waals surface area contributed by atoms with E-state index in [1.807, 2.05) is 30.6 Å². The molecule has 0 aliphatic carbocycles. The van der Waals surface area contributed by atoms with Gasteiger partial charge in [-0.15, -0.1) is 11.3 Å². The van der Waals surface area contributed by atoms with Crippen LogP contribution < -0.4 is 5.32 Å². The third-order valence-electron chi connectivity index (χ3n) is 3.26. The second kappa shape index (κ2) is 5.55. The molecule has 0 radical (unpaired) electrons. The Morgan fingerprint density at radius 2 is 2.26 bits per heavy atom. The van der Waals surface area contributed by atoms with Crippen molar-refractivity contribution < 1.29 is 0 Å². The Morgan fingerprint density at radius 3 is 3.05 bits per heavy atom. The fourth-order valence-corrected chi connectivity index (χ4v) is 3.08. The Bertz CT molecular complexity index is 655. The zero-order valence-corrected chi connectivity index (χ0v) is 11.8. The first-order valence-corrected chi connectivity index (χ1v) is 7.36. The van der Waals surface area contributed by atoms with Crippen molar-refractivity contribution in [2.75, 3.05) is 7.05 Å². The van der Waals surface area contributed by atoms with Crippen LogP contribution in [0, 0.1) is 0 Å². The lowest BCUT2D eigenvalue weighted by Crippen LogP contribution is -2.04. The quantitative estimate of drug-likeness (QED) is 0.773. The number of fused-ring (bicyclic) bond motifs is 1. The minimum Gasteiger partial charge on any atom is -0.332 e. The first-order chi connectivity index (χ1) is 9.38. The number of aryl methyl sites for hydroxylation is 2. The van der Waals surface area contributed by atoms with Gasteiger partial charge in [0.05, 0.1) is 0 Å². The molecule has 0 saturated carbocycles. The molecule has 0 fully saturated rings. The molecular weight excluding hydrogens is 254 g/mol. The van der Waals surface area contributed by atoms with Crippen molar-refractivity contribution in [3.8, 4) is 0 Å². The molecule has 0 aliphatic heterocycles. The van der Waals surface area contributed by atoms with Gasteiger partial charge in [-0.2, -0.15) is 0 Å². The van der Waals surface area contributed by atoms with Crippen LogP contribution in [0.3, 0.4) is 0 Å². The van der Waals surface area contributed by atoms with Crippen LogP contribution in [0.4, 0.5) is 0 Å². The topological polar surface area (TPSA) is 29.9 Å². The third kappa shape index (κ3) is 2.55. The minimum atomic E-state index is 0.883. The van der Waals surface area contributed by atoms with Gasteiger partial charge in [-0.3, -0.25) is 0 Å². The van der Waals surface area contributed by atoms with Crippen LogP contribution in [-0.2, 0) is 19.5 Å². The van der Waals surface area contributed by atoms with Crippen molar-refractivity contribution in [1.82, 2.24) is 14.9 Å². The monoisotopic (exact) mass is 271 g/mol. The zero-order valence-electron chi connectivity index (χ0n) is 11.0. The lowest BCUT2D eigenvalue weighted by Gasteiger charge is -2.02. The normalized spacial score (nSPS) is 11.2. The summed E-state index contributed by atoms with van der Waals surface area (Å²) in [6.07, 6.45) is 5.16. The number of hydrogen-bond acceptors (Lipinski definition) is 3. The molecule has 3 rings (SSSR count). The molecule has 0 amide bonds. The molecule has 3 nitrogen and oxygen atoms in total. The summed E-state index contributed by atoms with van der Waals surface area (Å²) in [6.45, 7) is 1.87. The fourth-order valence-electron chi connectivity index (χ4n) is 2.38. The van der Waals surface area contributed by atoms with Crippen molar-refractivity contribution in [2.24, 2.45) is 0 Å². The van der Waals surface area contributed by atoms with Crippen LogP contribution in [0.2, 0.25) is 0 Å². The first kappa shape index (κ1) is 12.4. The highest BCUT2D eigenvalue weighted by Gasteiger charge is 2.08. The Morgan fingerprint density at radius 1 is 1.32 bits per heavy atom. The summed E-state index contributed by atoms with van der Waals surface area (Å²) >= 11 is 1.82. The van der Waals surface area contributed by atoms with Gasteiger partial charge in [-0.25, -0.2) is 4.98 Å².